The average molecular weight is 394 g/mol. The highest BCUT2D eigenvalue weighted by molar-refractivity contribution is 5.94. The Kier molecular flexibility index (Phi) is 5.03. The minimum Gasteiger partial charge on any atom is -0.378 e. The van der Waals surface area contributed by atoms with Crippen molar-refractivity contribution in [3.8, 4) is 0 Å². The van der Waals surface area contributed by atoms with Crippen molar-refractivity contribution < 1.29 is 9.18 Å². The number of hydrogen-bond acceptors (Lipinski definition) is 3. The molecule has 2 heterocycles. The zero-order chi connectivity index (χ0) is 20.7. The summed E-state index contributed by atoms with van der Waals surface area (Å²) in [6.45, 7) is 8.87. The van der Waals surface area contributed by atoms with E-state index in [1.807, 2.05) is 30.5 Å². The minimum absolute atomic E-state index is 0.117. The fraction of sp³-hybridized carbons (Fsp3) is 0.391. The van der Waals surface area contributed by atoms with Crippen molar-refractivity contribution in [1.82, 2.24) is 9.38 Å². The summed E-state index contributed by atoms with van der Waals surface area (Å²) in [5.74, 6) is -0.356. The number of carbonyl (C=O) groups is 1. The molecule has 0 atom stereocenters. The summed E-state index contributed by atoms with van der Waals surface area (Å²) >= 11 is 0. The minimum atomic E-state index is -0.846. The number of imidazole rings is 1. The predicted octanol–water partition coefficient (Wildman–Crippen LogP) is 4.87. The highest BCUT2D eigenvalue weighted by Crippen LogP contribution is 2.32. The van der Waals surface area contributed by atoms with Gasteiger partial charge >= 0.3 is 0 Å². The Balaban J connectivity index is 1.64. The van der Waals surface area contributed by atoms with Crippen LogP contribution in [0.25, 0.3) is 5.65 Å². The summed E-state index contributed by atoms with van der Waals surface area (Å²) in [7, 11) is 0. The lowest BCUT2D eigenvalue weighted by Gasteiger charge is -2.28. The molecular formula is C23H27FN4O. The lowest BCUT2D eigenvalue weighted by atomic mass is 9.83. The van der Waals surface area contributed by atoms with E-state index in [1.165, 1.54) is 16.7 Å². The number of anilines is 2. The molecule has 0 spiro atoms. The molecule has 29 heavy (non-hydrogen) atoms. The first-order valence-electron chi connectivity index (χ1n) is 10.1. The number of amides is 1. The zero-order valence-corrected chi connectivity index (χ0v) is 17.3. The molecule has 0 radical (unpaired) electrons. The molecule has 4 rings (SSSR count). The first kappa shape index (κ1) is 19.4. The van der Waals surface area contributed by atoms with Gasteiger partial charge in [-0.15, -0.1) is 0 Å². The normalized spacial score (nSPS) is 18.5. The van der Waals surface area contributed by atoms with Crippen molar-refractivity contribution in [1.29, 1.82) is 0 Å². The Hall–Kier alpha value is -2.89. The quantitative estimate of drug-likeness (QED) is 0.649. The molecule has 6 heteroatoms. The van der Waals surface area contributed by atoms with Crippen LogP contribution >= 0.6 is 0 Å². The van der Waals surface area contributed by atoms with Crippen molar-refractivity contribution >= 4 is 22.9 Å². The molecule has 2 N–H and O–H groups in total. The summed E-state index contributed by atoms with van der Waals surface area (Å²) in [5.41, 5.74) is 8.08. The van der Waals surface area contributed by atoms with Crippen molar-refractivity contribution in [2.75, 3.05) is 10.6 Å². The van der Waals surface area contributed by atoms with Crippen molar-refractivity contribution in [3.63, 3.8) is 0 Å². The van der Waals surface area contributed by atoms with Crippen LogP contribution in [-0.4, -0.2) is 21.5 Å². The van der Waals surface area contributed by atoms with E-state index in [0.717, 1.165) is 22.7 Å². The van der Waals surface area contributed by atoms with Gasteiger partial charge < -0.3 is 15.0 Å². The predicted molar refractivity (Wildman–Crippen MR) is 114 cm³/mol. The molecule has 1 amide bonds. The highest BCUT2D eigenvalue weighted by Gasteiger charge is 2.34. The maximum atomic E-state index is 13.1. The number of hydrogen-bond donors (Lipinski definition) is 2. The molecule has 0 bridgehead atoms. The first-order valence-corrected chi connectivity index (χ1v) is 10.1. The molecule has 1 aromatic carbocycles. The Bertz CT molecular complexity index is 1060. The lowest BCUT2D eigenvalue weighted by molar-refractivity contribution is -0.124. The van der Waals surface area contributed by atoms with Crippen molar-refractivity contribution in [2.45, 2.75) is 53.3 Å². The van der Waals surface area contributed by atoms with Crippen LogP contribution < -0.4 is 10.6 Å². The SMILES string of the molecule is Cc1cccc(C)c1CNc1cc(NC(=O)C2CC(F)C2)cn2c(C)c(C)nc12. The molecule has 2 aromatic heterocycles. The summed E-state index contributed by atoms with van der Waals surface area (Å²) in [4.78, 5) is 17.1. The number of pyridine rings is 1. The number of alkyl halides is 1. The summed E-state index contributed by atoms with van der Waals surface area (Å²) in [5, 5.41) is 6.47. The maximum Gasteiger partial charge on any atom is 0.227 e. The molecule has 5 nitrogen and oxygen atoms in total. The number of nitrogens with one attached hydrogen (secondary N) is 2. The van der Waals surface area contributed by atoms with Crippen molar-refractivity contribution in [3.05, 3.63) is 58.5 Å². The number of aryl methyl sites for hydroxylation is 4. The third-order valence-corrected chi connectivity index (χ3v) is 6.01. The number of halogens is 1. The fourth-order valence-electron chi connectivity index (χ4n) is 3.89. The summed E-state index contributed by atoms with van der Waals surface area (Å²) in [6.07, 6.45) is 1.67. The van der Waals surface area contributed by atoms with E-state index < -0.39 is 6.17 Å². The molecule has 0 saturated heterocycles. The van der Waals surface area contributed by atoms with Crippen LogP contribution in [0, 0.1) is 33.6 Å². The van der Waals surface area contributed by atoms with Gasteiger partial charge in [0, 0.05) is 24.4 Å². The van der Waals surface area contributed by atoms with Crippen LogP contribution in [-0.2, 0) is 11.3 Å². The maximum absolute atomic E-state index is 13.1. The van der Waals surface area contributed by atoms with E-state index in [4.69, 9.17) is 4.98 Å². The van der Waals surface area contributed by atoms with Gasteiger partial charge in [0.2, 0.25) is 5.91 Å². The molecule has 0 aliphatic heterocycles. The molecule has 3 aromatic rings. The highest BCUT2D eigenvalue weighted by atomic mass is 19.1. The smallest absolute Gasteiger partial charge is 0.227 e. The van der Waals surface area contributed by atoms with Crippen LogP contribution in [0.5, 0.6) is 0 Å². The second-order valence-corrected chi connectivity index (χ2v) is 8.10. The van der Waals surface area contributed by atoms with Crippen LogP contribution in [0.15, 0.2) is 30.5 Å². The van der Waals surface area contributed by atoms with Gasteiger partial charge in [0.15, 0.2) is 5.65 Å². The van der Waals surface area contributed by atoms with Gasteiger partial charge in [-0.25, -0.2) is 9.37 Å². The van der Waals surface area contributed by atoms with Gasteiger partial charge in [0.1, 0.15) is 6.17 Å². The second kappa shape index (κ2) is 7.50. The van der Waals surface area contributed by atoms with Gasteiger partial charge in [-0.05, 0) is 63.3 Å². The molecule has 152 valence electrons. The molecule has 1 saturated carbocycles. The Morgan fingerprint density at radius 3 is 2.55 bits per heavy atom. The topological polar surface area (TPSA) is 58.4 Å². The Labute approximate surface area is 170 Å². The molecule has 0 unspecified atom stereocenters. The van der Waals surface area contributed by atoms with E-state index in [1.54, 1.807) is 0 Å². The third kappa shape index (κ3) is 3.71. The average Bonchev–Trinajstić information content (AvgIpc) is 2.93. The Morgan fingerprint density at radius 1 is 1.21 bits per heavy atom. The standard InChI is InChI=1S/C23H27FN4O/c1-13-6-5-7-14(2)20(13)11-25-21-10-19(27-23(29)17-8-18(24)9-17)12-28-16(4)15(3)26-22(21)28/h5-7,10,12,17-18,25H,8-9,11H2,1-4H3,(H,27,29). The van der Waals surface area contributed by atoms with E-state index >= 15 is 0 Å². The zero-order valence-electron chi connectivity index (χ0n) is 17.3. The van der Waals surface area contributed by atoms with Crippen LogP contribution in [0.2, 0.25) is 0 Å². The van der Waals surface area contributed by atoms with Gasteiger partial charge in [0.25, 0.3) is 0 Å². The Morgan fingerprint density at radius 2 is 1.90 bits per heavy atom. The fourth-order valence-corrected chi connectivity index (χ4v) is 3.89. The number of nitrogens with zero attached hydrogens (tertiary/aromatic N) is 2. The van der Waals surface area contributed by atoms with Gasteiger partial charge in [-0.3, -0.25) is 4.79 Å². The van der Waals surface area contributed by atoms with E-state index in [9.17, 15) is 9.18 Å². The van der Waals surface area contributed by atoms with Crippen LogP contribution in [0.1, 0.15) is 40.9 Å². The second-order valence-electron chi connectivity index (χ2n) is 8.10. The van der Waals surface area contributed by atoms with Crippen LogP contribution in [0.4, 0.5) is 15.8 Å². The molecule has 1 fully saturated rings. The summed E-state index contributed by atoms with van der Waals surface area (Å²) in [6, 6.07) is 8.19. The van der Waals surface area contributed by atoms with E-state index in [-0.39, 0.29) is 11.8 Å². The number of rotatable bonds is 5. The summed E-state index contributed by atoms with van der Waals surface area (Å²) < 4.78 is 15.1. The first-order chi connectivity index (χ1) is 13.8. The molecule has 1 aliphatic rings. The third-order valence-electron chi connectivity index (χ3n) is 6.01. The number of carbonyl (C=O) groups excluding carboxylic acids is 1. The largest absolute Gasteiger partial charge is 0.378 e. The lowest BCUT2D eigenvalue weighted by Crippen LogP contribution is -2.35. The number of aromatic nitrogens is 2. The van der Waals surface area contributed by atoms with Crippen LogP contribution in [0.3, 0.4) is 0 Å². The molecule has 1 aliphatic carbocycles. The number of benzene rings is 1. The number of fused-ring (bicyclic) bond motifs is 1. The van der Waals surface area contributed by atoms with Gasteiger partial charge in [-0.2, -0.15) is 0 Å². The van der Waals surface area contributed by atoms with E-state index in [0.29, 0.717) is 25.1 Å². The van der Waals surface area contributed by atoms with E-state index in [2.05, 4.69) is 42.7 Å². The molecular weight excluding hydrogens is 367 g/mol. The van der Waals surface area contributed by atoms with Gasteiger partial charge in [0.05, 0.1) is 17.1 Å². The monoisotopic (exact) mass is 394 g/mol. The van der Waals surface area contributed by atoms with Crippen molar-refractivity contribution in [2.24, 2.45) is 5.92 Å². The van der Waals surface area contributed by atoms with Gasteiger partial charge in [-0.1, -0.05) is 18.2 Å².